The van der Waals surface area contributed by atoms with E-state index in [1.54, 1.807) is 12.1 Å². The molecule has 1 heterocycles. The first kappa shape index (κ1) is 18.5. The Morgan fingerprint density at radius 3 is 2.85 bits per heavy atom. The predicted octanol–water partition coefficient (Wildman–Crippen LogP) is 4.15. The van der Waals surface area contributed by atoms with Crippen LogP contribution in [0.5, 0.6) is 11.5 Å². The molecule has 0 saturated carbocycles. The largest absolute Gasteiger partial charge is 0.504 e. The highest BCUT2D eigenvalue weighted by molar-refractivity contribution is 5.46. The van der Waals surface area contributed by atoms with E-state index in [2.05, 4.69) is 10.2 Å². The molecule has 6 heteroatoms. The van der Waals surface area contributed by atoms with E-state index >= 15 is 0 Å². The summed E-state index contributed by atoms with van der Waals surface area (Å²) in [4.78, 5) is 2.24. The minimum atomic E-state index is -0.847. The molecule has 26 heavy (non-hydrogen) atoms. The normalized spacial score (nSPS) is 17.9. The summed E-state index contributed by atoms with van der Waals surface area (Å²) in [5.74, 6) is -1.01. The Balaban J connectivity index is 1.63. The molecule has 1 saturated heterocycles. The van der Waals surface area contributed by atoms with Crippen molar-refractivity contribution in [3.8, 4) is 11.5 Å². The number of nitrogens with one attached hydrogen (secondary N) is 1. The maximum Gasteiger partial charge on any atom is 0.162 e. The van der Waals surface area contributed by atoms with Crippen LogP contribution in [0.4, 0.5) is 14.5 Å². The smallest absolute Gasteiger partial charge is 0.162 e. The Morgan fingerprint density at radius 2 is 2.08 bits per heavy atom. The lowest BCUT2D eigenvalue weighted by Gasteiger charge is -2.34. The number of hydrogen-bond donors (Lipinski definition) is 2. The van der Waals surface area contributed by atoms with Crippen molar-refractivity contribution in [2.45, 2.75) is 32.4 Å². The second kappa shape index (κ2) is 8.36. The Hall–Kier alpha value is -2.34. The van der Waals surface area contributed by atoms with E-state index in [-0.39, 0.29) is 11.8 Å². The summed E-state index contributed by atoms with van der Waals surface area (Å²) >= 11 is 0. The van der Waals surface area contributed by atoms with Crippen molar-refractivity contribution < 1.29 is 18.6 Å². The lowest BCUT2D eigenvalue weighted by Crippen LogP contribution is -2.41. The number of hydrogen-bond acceptors (Lipinski definition) is 4. The first-order valence-corrected chi connectivity index (χ1v) is 8.94. The molecule has 1 aliphatic rings. The van der Waals surface area contributed by atoms with Gasteiger partial charge < -0.3 is 15.2 Å². The van der Waals surface area contributed by atoms with Gasteiger partial charge >= 0.3 is 0 Å². The second-order valence-electron chi connectivity index (χ2n) is 6.54. The molecule has 0 unspecified atom stereocenters. The Morgan fingerprint density at radius 1 is 1.23 bits per heavy atom. The number of likely N-dealkylation sites (tertiary alicyclic amines) is 1. The van der Waals surface area contributed by atoms with Gasteiger partial charge in [-0.3, -0.25) is 4.90 Å². The predicted molar refractivity (Wildman–Crippen MR) is 97.6 cm³/mol. The van der Waals surface area contributed by atoms with Gasteiger partial charge in [-0.25, -0.2) is 8.78 Å². The standard InChI is InChI=1S/C20H24F2N2O2/c1-2-26-19-7-3-5-14(20(19)25)12-24-10-4-6-16(13-24)23-15-8-9-17(21)18(22)11-15/h3,5,7-9,11,16,23,25H,2,4,6,10,12-13H2,1H3/t16-/m1/s1. The van der Waals surface area contributed by atoms with Crippen LogP contribution in [0, 0.1) is 11.6 Å². The molecule has 140 valence electrons. The van der Waals surface area contributed by atoms with Gasteiger partial charge in [0.15, 0.2) is 23.1 Å². The third-order valence-corrected chi connectivity index (χ3v) is 4.57. The topological polar surface area (TPSA) is 44.7 Å². The fourth-order valence-corrected chi connectivity index (χ4v) is 3.35. The molecule has 2 aromatic rings. The number of aromatic hydroxyl groups is 1. The van der Waals surface area contributed by atoms with Gasteiger partial charge in [0.1, 0.15) is 0 Å². The van der Waals surface area contributed by atoms with Crippen molar-refractivity contribution in [2.24, 2.45) is 0 Å². The van der Waals surface area contributed by atoms with Gasteiger partial charge in [0.25, 0.3) is 0 Å². The number of nitrogens with zero attached hydrogens (tertiary/aromatic N) is 1. The second-order valence-corrected chi connectivity index (χ2v) is 6.54. The zero-order chi connectivity index (χ0) is 18.5. The van der Waals surface area contributed by atoms with Crippen molar-refractivity contribution in [1.82, 2.24) is 4.90 Å². The number of phenols is 1. The van der Waals surface area contributed by atoms with Gasteiger partial charge in [-0.1, -0.05) is 12.1 Å². The highest BCUT2D eigenvalue weighted by Crippen LogP contribution is 2.31. The van der Waals surface area contributed by atoms with Crippen LogP contribution in [0.1, 0.15) is 25.3 Å². The summed E-state index contributed by atoms with van der Waals surface area (Å²) in [7, 11) is 0. The van der Waals surface area contributed by atoms with Gasteiger partial charge in [-0.15, -0.1) is 0 Å². The number of benzene rings is 2. The molecule has 1 fully saturated rings. The monoisotopic (exact) mass is 362 g/mol. The maximum absolute atomic E-state index is 13.4. The molecular formula is C20H24F2N2O2. The summed E-state index contributed by atoms with van der Waals surface area (Å²) in [5.41, 5.74) is 1.40. The summed E-state index contributed by atoms with van der Waals surface area (Å²) in [6, 6.07) is 9.54. The van der Waals surface area contributed by atoms with E-state index in [9.17, 15) is 13.9 Å². The minimum Gasteiger partial charge on any atom is -0.504 e. The molecular weight excluding hydrogens is 338 g/mol. The van der Waals surface area contributed by atoms with Crippen molar-refractivity contribution in [2.75, 3.05) is 25.0 Å². The average molecular weight is 362 g/mol. The van der Waals surface area contributed by atoms with Gasteiger partial charge in [-0.2, -0.15) is 0 Å². The van der Waals surface area contributed by atoms with Crippen LogP contribution in [-0.2, 0) is 6.54 Å². The van der Waals surface area contributed by atoms with Crippen LogP contribution in [0.2, 0.25) is 0 Å². The van der Waals surface area contributed by atoms with Gasteiger partial charge in [0, 0.05) is 36.4 Å². The first-order chi connectivity index (χ1) is 12.6. The van der Waals surface area contributed by atoms with E-state index in [0.717, 1.165) is 37.6 Å². The van der Waals surface area contributed by atoms with Crippen LogP contribution >= 0.6 is 0 Å². The third-order valence-electron chi connectivity index (χ3n) is 4.57. The van der Waals surface area contributed by atoms with E-state index in [0.29, 0.717) is 24.6 Å². The highest BCUT2D eigenvalue weighted by atomic mass is 19.2. The number of halogens is 2. The maximum atomic E-state index is 13.4. The zero-order valence-corrected chi connectivity index (χ0v) is 14.8. The van der Waals surface area contributed by atoms with Crippen LogP contribution in [0.3, 0.4) is 0 Å². The molecule has 1 atom stereocenters. The van der Waals surface area contributed by atoms with E-state index in [1.807, 2.05) is 19.1 Å². The minimum absolute atomic E-state index is 0.144. The molecule has 0 amide bonds. The van der Waals surface area contributed by atoms with Crippen LogP contribution in [0.15, 0.2) is 36.4 Å². The van der Waals surface area contributed by atoms with Gasteiger partial charge in [0.2, 0.25) is 0 Å². The molecule has 0 radical (unpaired) electrons. The Kier molecular flexibility index (Phi) is 5.93. The van der Waals surface area contributed by atoms with Crippen molar-refractivity contribution in [3.63, 3.8) is 0 Å². The first-order valence-electron chi connectivity index (χ1n) is 8.94. The Bertz CT molecular complexity index is 755. The molecule has 4 nitrogen and oxygen atoms in total. The summed E-state index contributed by atoms with van der Waals surface area (Å²) in [6.45, 7) is 4.68. The highest BCUT2D eigenvalue weighted by Gasteiger charge is 2.21. The molecule has 0 spiro atoms. The van der Waals surface area contributed by atoms with Crippen molar-refractivity contribution in [3.05, 3.63) is 53.6 Å². The number of para-hydroxylation sites is 1. The van der Waals surface area contributed by atoms with Crippen molar-refractivity contribution >= 4 is 5.69 Å². The summed E-state index contributed by atoms with van der Waals surface area (Å²) in [6.07, 6.45) is 1.95. The molecule has 1 aliphatic heterocycles. The fourth-order valence-electron chi connectivity index (χ4n) is 3.35. The van der Waals surface area contributed by atoms with Crippen LogP contribution < -0.4 is 10.1 Å². The molecule has 0 bridgehead atoms. The number of phenolic OH excluding ortho intramolecular Hbond substituents is 1. The Labute approximate surface area is 152 Å². The SMILES string of the molecule is CCOc1cccc(CN2CCC[C@@H](Nc3ccc(F)c(F)c3)C2)c1O. The van der Waals surface area contributed by atoms with Crippen LogP contribution in [-0.4, -0.2) is 35.7 Å². The molecule has 0 aliphatic carbocycles. The van der Waals surface area contributed by atoms with E-state index < -0.39 is 11.6 Å². The molecule has 3 rings (SSSR count). The average Bonchev–Trinajstić information content (AvgIpc) is 2.62. The number of anilines is 1. The zero-order valence-electron chi connectivity index (χ0n) is 14.8. The van der Waals surface area contributed by atoms with E-state index in [1.165, 1.54) is 6.07 Å². The van der Waals surface area contributed by atoms with Crippen molar-refractivity contribution in [1.29, 1.82) is 0 Å². The summed E-state index contributed by atoms with van der Waals surface area (Å²) in [5, 5.41) is 13.6. The lowest BCUT2D eigenvalue weighted by atomic mass is 10.0. The quantitative estimate of drug-likeness (QED) is 0.810. The lowest BCUT2D eigenvalue weighted by molar-refractivity contribution is 0.205. The number of ether oxygens (including phenoxy) is 1. The van der Waals surface area contributed by atoms with Gasteiger partial charge in [-0.05, 0) is 44.5 Å². The number of piperidine rings is 1. The molecule has 2 N–H and O–H groups in total. The number of rotatable bonds is 6. The molecule has 2 aromatic carbocycles. The van der Waals surface area contributed by atoms with Crippen LogP contribution in [0.25, 0.3) is 0 Å². The summed E-state index contributed by atoms with van der Waals surface area (Å²) < 4.78 is 31.9. The molecule has 0 aromatic heterocycles. The van der Waals surface area contributed by atoms with E-state index in [4.69, 9.17) is 4.74 Å². The third kappa shape index (κ3) is 4.43. The van der Waals surface area contributed by atoms with Gasteiger partial charge in [0.05, 0.1) is 6.61 Å². The fraction of sp³-hybridized carbons (Fsp3) is 0.400.